The van der Waals surface area contributed by atoms with Crippen LogP contribution in [0.1, 0.15) is 26.7 Å². The van der Waals surface area contributed by atoms with E-state index in [1.165, 1.54) is 0 Å². The van der Waals surface area contributed by atoms with Gasteiger partial charge in [0.15, 0.2) is 11.5 Å². The van der Waals surface area contributed by atoms with Crippen molar-refractivity contribution in [2.24, 2.45) is 16.3 Å². The molecule has 1 atom stereocenters. The normalized spacial score (nSPS) is 20.1. The van der Waals surface area contributed by atoms with Crippen LogP contribution in [0.4, 0.5) is 17.1 Å². The number of hydrogen-bond acceptors (Lipinski definition) is 5. The Morgan fingerprint density at radius 2 is 1.73 bits per heavy atom. The van der Waals surface area contributed by atoms with Crippen LogP contribution in [0.5, 0.6) is 11.5 Å². The highest BCUT2D eigenvalue weighted by atomic mass is 35.5. The van der Waals surface area contributed by atoms with Gasteiger partial charge < -0.3 is 14.4 Å². The van der Waals surface area contributed by atoms with E-state index in [4.69, 9.17) is 37.7 Å². The van der Waals surface area contributed by atoms with Gasteiger partial charge in [-0.25, -0.2) is 0 Å². The SMILES string of the molecule is COc1cc2c(cc1OC)N(c1ccc(Cl)cc1Cl)CC1C(=O)CC(C)(C)CC1=N2. The molecule has 30 heavy (non-hydrogen) atoms. The highest BCUT2D eigenvalue weighted by Gasteiger charge is 2.41. The molecule has 0 radical (unpaired) electrons. The zero-order chi connectivity index (χ0) is 21.6. The molecule has 2 aromatic rings. The van der Waals surface area contributed by atoms with Crippen molar-refractivity contribution < 1.29 is 14.3 Å². The fourth-order valence-electron chi connectivity index (χ4n) is 4.31. The van der Waals surface area contributed by atoms with Gasteiger partial charge in [-0.3, -0.25) is 9.79 Å². The Labute approximate surface area is 186 Å². The van der Waals surface area contributed by atoms with Crippen molar-refractivity contribution in [3.05, 3.63) is 40.4 Å². The number of nitrogens with zero attached hydrogens (tertiary/aromatic N) is 2. The Morgan fingerprint density at radius 1 is 1.03 bits per heavy atom. The summed E-state index contributed by atoms with van der Waals surface area (Å²) in [5, 5.41) is 1.06. The fraction of sp³-hybridized carbons (Fsp3) is 0.391. The summed E-state index contributed by atoms with van der Waals surface area (Å²) in [7, 11) is 3.19. The van der Waals surface area contributed by atoms with Crippen LogP contribution in [0.3, 0.4) is 0 Å². The maximum atomic E-state index is 13.1. The summed E-state index contributed by atoms with van der Waals surface area (Å²) in [5.41, 5.74) is 3.09. The Morgan fingerprint density at radius 3 is 2.40 bits per heavy atom. The zero-order valence-corrected chi connectivity index (χ0v) is 19.0. The largest absolute Gasteiger partial charge is 0.493 e. The highest BCUT2D eigenvalue weighted by Crippen LogP contribution is 2.48. The van der Waals surface area contributed by atoms with Crippen LogP contribution < -0.4 is 14.4 Å². The second-order valence-electron chi connectivity index (χ2n) is 8.54. The average Bonchev–Trinajstić information content (AvgIpc) is 2.82. The van der Waals surface area contributed by atoms with Gasteiger partial charge in [0.05, 0.1) is 42.2 Å². The van der Waals surface area contributed by atoms with Crippen molar-refractivity contribution in [2.45, 2.75) is 26.7 Å². The number of aliphatic imine (C=N–C) groups is 1. The number of halogens is 2. The smallest absolute Gasteiger partial charge is 0.163 e. The monoisotopic (exact) mass is 446 g/mol. The van der Waals surface area contributed by atoms with E-state index in [1.54, 1.807) is 26.4 Å². The van der Waals surface area contributed by atoms with Crippen molar-refractivity contribution in [3.8, 4) is 11.5 Å². The van der Waals surface area contributed by atoms with Crippen LogP contribution in [-0.2, 0) is 4.79 Å². The van der Waals surface area contributed by atoms with Gasteiger partial charge in [0.25, 0.3) is 0 Å². The second kappa shape index (κ2) is 7.78. The molecular weight excluding hydrogens is 423 g/mol. The number of hydrogen-bond donors (Lipinski definition) is 0. The van der Waals surface area contributed by atoms with Crippen LogP contribution in [0.15, 0.2) is 35.3 Å². The summed E-state index contributed by atoms with van der Waals surface area (Å²) in [4.78, 5) is 20.1. The first kappa shape index (κ1) is 21.0. The lowest BCUT2D eigenvalue weighted by Gasteiger charge is -2.36. The molecule has 1 saturated carbocycles. The van der Waals surface area contributed by atoms with E-state index in [0.717, 1.165) is 29.2 Å². The predicted octanol–water partition coefficient (Wildman–Crippen LogP) is 6.24. The molecule has 1 heterocycles. The Bertz CT molecular complexity index is 1050. The molecule has 0 bridgehead atoms. The molecule has 0 amide bonds. The molecule has 2 aromatic carbocycles. The standard InChI is InChI=1S/C23H24Cl2N2O3/c1-23(2)10-17-14(20(28)11-23)12-27(18-6-5-13(24)7-15(18)25)19-9-22(30-4)21(29-3)8-16(19)26-17/h5-9,14H,10-12H2,1-4H3. The summed E-state index contributed by atoms with van der Waals surface area (Å²) in [6, 6.07) is 9.11. The van der Waals surface area contributed by atoms with E-state index >= 15 is 0 Å². The van der Waals surface area contributed by atoms with Gasteiger partial charge >= 0.3 is 0 Å². The first-order valence-corrected chi connectivity index (χ1v) is 10.6. The molecule has 1 aliphatic carbocycles. The minimum Gasteiger partial charge on any atom is -0.493 e. The van der Waals surface area contributed by atoms with Gasteiger partial charge in [-0.15, -0.1) is 0 Å². The third kappa shape index (κ3) is 3.77. The molecule has 1 unspecified atom stereocenters. The number of ether oxygens (including phenoxy) is 2. The number of fused-ring (bicyclic) bond motifs is 2. The summed E-state index contributed by atoms with van der Waals surface area (Å²) < 4.78 is 11.0. The van der Waals surface area contributed by atoms with Gasteiger partial charge in [-0.1, -0.05) is 37.0 Å². The minimum atomic E-state index is -0.297. The van der Waals surface area contributed by atoms with E-state index in [2.05, 4.69) is 13.8 Å². The molecule has 0 saturated heterocycles. The van der Waals surface area contributed by atoms with Crippen molar-refractivity contribution in [2.75, 3.05) is 25.7 Å². The van der Waals surface area contributed by atoms with Crippen molar-refractivity contribution >= 4 is 51.8 Å². The van der Waals surface area contributed by atoms with Crippen LogP contribution in [-0.4, -0.2) is 32.3 Å². The van der Waals surface area contributed by atoms with Crippen molar-refractivity contribution in [1.82, 2.24) is 0 Å². The molecule has 1 fully saturated rings. The lowest BCUT2D eigenvalue weighted by Crippen LogP contribution is -2.42. The number of methoxy groups -OCH3 is 2. The molecule has 0 aromatic heterocycles. The number of rotatable bonds is 3. The second-order valence-corrected chi connectivity index (χ2v) is 9.39. The summed E-state index contributed by atoms with van der Waals surface area (Å²) in [6.07, 6.45) is 1.29. The van der Waals surface area contributed by atoms with E-state index in [1.807, 2.05) is 23.1 Å². The van der Waals surface area contributed by atoms with Gasteiger partial charge in [0, 0.05) is 35.8 Å². The number of carbonyl (C=O) groups excluding carboxylic acids is 1. The Hall–Kier alpha value is -2.24. The lowest BCUT2D eigenvalue weighted by atomic mass is 9.71. The molecule has 1 aliphatic heterocycles. The van der Waals surface area contributed by atoms with Gasteiger partial charge in [-0.05, 0) is 30.0 Å². The number of benzene rings is 2. The first-order chi connectivity index (χ1) is 14.2. The predicted molar refractivity (Wildman–Crippen MR) is 122 cm³/mol. The molecule has 0 N–H and O–H groups in total. The minimum absolute atomic E-state index is 0.115. The maximum Gasteiger partial charge on any atom is 0.163 e. The summed E-state index contributed by atoms with van der Waals surface area (Å²) in [6.45, 7) is 4.67. The molecule has 0 spiro atoms. The topological polar surface area (TPSA) is 51.1 Å². The lowest BCUT2D eigenvalue weighted by molar-refractivity contribution is -0.123. The van der Waals surface area contributed by atoms with Crippen LogP contribution in [0.25, 0.3) is 0 Å². The number of carbonyl (C=O) groups is 1. The van der Waals surface area contributed by atoms with Crippen LogP contribution in [0.2, 0.25) is 10.0 Å². The van der Waals surface area contributed by atoms with Gasteiger partial charge in [0.2, 0.25) is 0 Å². The quantitative estimate of drug-likeness (QED) is 0.559. The van der Waals surface area contributed by atoms with Crippen LogP contribution in [0, 0.1) is 11.3 Å². The molecule has 2 aliphatic rings. The average molecular weight is 447 g/mol. The zero-order valence-electron chi connectivity index (χ0n) is 17.5. The van der Waals surface area contributed by atoms with E-state index in [9.17, 15) is 4.79 Å². The summed E-state index contributed by atoms with van der Waals surface area (Å²) >= 11 is 12.7. The fourth-order valence-corrected chi connectivity index (χ4v) is 4.82. The Kier molecular flexibility index (Phi) is 5.45. The Balaban J connectivity index is 1.93. The van der Waals surface area contributed by atoms with E-state index in [0.29, 0.717) is 34.5 Å². The van der Waals surface area contributed by atoms with E-state index < -0.39 is 0 Å². The number of anilines is 2. The van der Waals surface area contributed by atoms with Crippen molar-refractivity contribution in [3.63, 3.8) is 0 Å². The number of Topliss-reactive ketones (excluding diaryl/α,β-unsaturated/α-hetero) is 1. The molecular formula is C23H24Cl2N2O3. The first-order valence-electron chi connectivity index (χ1n) is 9.81. The third-order valence-electron chi connectivity index (χ3n) is 5.70. The number of ketones is 1. The van der Waals surface area contributed by atoms with Gasteiger partial charge in [-0.2, -0.15) is 0 Å². The molecule has 7 heteroatoms. The van der Waals surface area contributed by atoms with E-state index in [-0.39, 0.29) is 17.1 Å². The van der Waals surface area contributed by atoms with Gasteiger partial charge in [0.1, 0.15) is 5.78 Å². The maximum absolute atomic E-state index is 13.1. The summed E-state index contributed by atoms with van der Waals surface area (Å²) in [5.74, 6) is 1.08. The van der Waals surface area contributed by atoms with Crippen LogP contribution >= 0.6 is 23.2 Å². The molecule has 5 nitrogen and oxygen atoms in total. The third-order valence-corrected chi connectivity index (χ3v) is 6.24. The highest BCUT2D eigenvalue weighted by molar-refractivity contribution is 6.36. The molecule has 158 valence electrons. The van der Waals surface area contributed by atoms with Crippen molar-refractivity contribution in [1.29, 1.82) is 0 Å². The molecule has 4 rings (SSSR count).